The molecule has 0 radical (unpaired) electrons. The van der Waals surface area contributed by atoms with Crippen molar-refractivity contribution in [2.24, 2.45) is 5.92 Å². The number of thiophene rings is 1. The van der Waals surface area contributed by atoms with E-state index >= 15 is 0 Å². The third kappa shape index (κ3) is 3.03. The van der Waals surface area contributed by atoms with Crippen molar-refractivity contribution < 1.29 is 4.74 Å². The molecular formula is C24H29N5O2S. The Kier molecular flexibility index (Phi) is 4.56. The van der Waals surface area contributed by atoms with Gasteiger partial charge in [0.15, 0.2) is 0 Å². The van der Waals surface area contributed by atoms with E-state index in [1.165, 1.54) is 35.3 Å². The van der Waals surface area contributed by atoms with Crippen molar-refractivity contribution in [3.05, 3.63) is 33.6 Å². The molecule has 1 aliphatic carbocycles. The van der Waals surface area contributed by atoms with Gasteiger partial charge in [-0.15, -0.1) is 11.3 Å². The number of ether oxygens (including phenoxy) is 1. The van der Waals surface area contributed by atoms with Gasteiger partial charge in [-0.05, 0) is 82.4 Å². The summed E-state index contributed by atoms with van der Waals surface area (Å²) < 4.78 is 8.77. The molecule has 32 heavy (non-hydrogen) atoms. The van der Waals surface area contributed by atoms with E-state index in [2.05, 4.69) is 16.1 Å². The molecule has 168 valence electrons. The predicted octanol–water partition coefficient (Wildman–Crippen LogP) is 4.19. The summed E-state index contributed by atoms with van der Waals surface area (Å²) >= 11 is 1.60. The first-order chi connectivity index (χ1) is 15.7. The first-order valence-electron chi connectivity index (χ1n) is 12.2. The van der Waals surface area contributed by atoms with Crippen LogP contribution in [0.4, 0.5) is 0 Å². The Bertz CT molecular complexity index is 1230. The van der Waals surface area contributed by atoms with Gasteiger partial charge in [0.1, 0.15) is 16.8 Å². The molecule has 3 aromatic heterocycles. The van der Waals surface area contributed by atoms with E-state index in [9.17, 15) is 4.79 Å². The second kappa shape index (κ2) is 7.50. The van der Waals surface area contributed by atoms with Crippen molar-refractivity contribution >= 4 is 21.6 Å². The minimum Gasteiger partial charge on any atom is -0.357 e. The Morgan fingerprint density at radius 3 is 2.81 bits per heavy atom. The van der Waals surface area contributed by atoms with Crippen LogP contribution < -0.4 is 5.56 Å². The lowest BCUT2D eigenvalue weighted by molar-refractivity contribution is -0.0396. The molecule has 2 bridgehead atoms. The first-order valence-corrected chi connectivity index (χ1v) is 13.1. The van der Waals surface area contributed by atoms with E-state index in [0.29, 0.717) is 0 Å². The number of hydrogen-bond acceptors (Lipinski definition) is 6. The van der Waals surface area contributed by atoms with Gasteiger partial charge in [0.25, 0.3) is 5.56 Å². The average molecular weight is 452 g/mol. The smallest absolute Gasteiger partial charge is 0.268 e. The van der Waals surface area contributed by atoms with Crippen molar-refractivity contribution in [2.75, 3.05) is 19.7 Å². The lowest BCUT2D eigenvalue weighted by atomic mass is 9.83. The lowest BCUT2D eigenvalue weighted by Gasteiger charge is -2.44. The molecule has 0 saturated carbocycles. The highest BCUT2D eigenvalue weighted by molar-refractivity contribution is 7.22. The second-order valence-corrected chi connectivity index (χ2v) is 10.9. The Hall–Kier alpha value is -2.03. The highest BCUT2D eigenvalue weighted by atomic mass is 32.1. The second-order valence-electron chi connectivity index (χ2n) is 9.91. The van der Waals surface area contributed by atoms with Crippen LogP contribution in [0.3, 0.4) is 0 Å². The summed E-state index contributed by atoms with van der Waals surface area (Å²) in [4.78, 5) is 25.2. The Morgan fingerprint density at radius 1 is 1.12 bits per heavy atom. The van der Waals surface area contributed by atoms with Crippen LogP contribution in [0.25, 0.3) is 20.7 Å². The van der Waals surface area contributed by atoms with Crippen molar-refractivity contribution in [2.45, 2.75) is 70.1 Å². The summed E-state index contributed by atoms with van der Waals surface area (Å²) in [6.07, 6.45) is 12.2. The summed E-state index contributed by atoms with van der Waals surface area (Å²) in [7, 11) is 0. The van der Waals surface area contributed by atoms with Crippen LogP contribution in [0, 0.1) is 5.92 Å². The number of aromatic nitrogens is 4. The maximum Gasteiger partial charge on any atom is 0.268 e. The van der Waals surface area contributed by atoms with Crippen LogP contribution in [0.15, 0.2) is 11.0 Å². The van der Waals surface area contributed by atoms with Gasteiger partial charge in [0.05, 0.1) is 17.3 Å². The highest BCUT2D eigenvalue weighted by Crippen LogP contribution is 2.43. The van der Waals surface area contributed by atoms with Gasteiger partial charge in [-0.1, -0.05) is 0 Å². The molecule has 2 atom stereocenters. The number of rotatable bonds is 2. The monoisotopic (exact) mass is 451 g/mol. The molecule has 8 rings (SSSR count). The minimum atomic E-state index is 0.0234. The molecule has 2 unspecified atom stereocenters. The molecule has 0 aromatic carbocycles. The third-order valence-corrected chi connectivity index (χ3v) is 9.22. The lowest BCUT2D eigenvalue weighted by Crippen LogP contribution is -2.44. The Balaban J connectivity index is 1.33. The normalized spacial score (nSPS) is 29.6. The molecule has 1 N–H and O–H groups in total. The van der Waals surface area contributed by atoms with Gasteiger partial charge in [0.2, 0.25) is 0 Å². The number of nitrogens with zero attached hydrogens (tertiary/aromatic N) is 4. The Morgan fingerprint density at radius 2 is 2.03 bits per heavy atom. The van der Waals surface area contributed by atoms with Crippen LogP contribution in [0.1, 0.15) is 74.3 Å². The number of piperidine rings is 3. The molecule has 7 heterocycles. The van der Waals surface area contributed by atoms with Crippen LogP contribution in [0.2, 0.25) is 0 Å². The summed E-state index contributed by atoms with van der Waals surface area (Å²) in [5.74, 6) is 1.66. The van der Waals surface area contributed by atoms with E-state index in [1.54, 1.807) is 11.3 Å². The van der Waals surface area contributed by atoms with Crippen LogP contribution in [-0.2, 0) is 17.6 Å². The zero-order chi connectivity index (χ0) is 21.2. The standard InChI is InChI=1S/C24H29N5O2S/c30-24-22-20(25-23(26-24)18-12-14-7-9-28(18)10-8-14)15-4-3-5-17-16(21(15)32-22)13-29(27-17)19-6-1-2-11-31-19/h13-14,18-19H,1-12H2,(H,25,26,30). The van der Waals surface area contributed by atoms with Crippen molar-refractivity contribution in [3.8, 4) is 10.4 Å². The number of fused-ring (bicyclic) bond motifs is 8. The van der Waals surface area contributed by atoms with Gasteiger partial charge in [-0.3, -0.25) is 9.69 Å². The number of aromatic amines is 1. The zero-order valence-corrected chi connectivity index (χ0v) is 19.1. The van der Waals surface area contributed by atoms with Gasteiger partial charge in [-0.25, -0.2) is 9.67 Å². The number of H-pyrrole nitrogens is 1. The third-order valence-electron chi connectivity index (χ3n) is 7.97. The topological polar surface area (TPSA) is 76.0 Å². The van der Waals surface area contributed by atoms with E-state index in [1.807, 2.05) is 4.68 Å². The van der Waals surface area contributed by atoms with Gasteiger partial charge in [-0.2, -0.15) is 5.10 Å². The zero-order valence-electron chi connectivity index (χ0n) is 18.3. The molecule has 7 nitrogen and oxygen atoms in total. The predicted molar refractivity (Wildman–Crippen MR) is 124 cm³/mol. The number of nitrogens with one attached hydrogen (secondary N) is 1. The molecule has 4 fully saturated rings. The average Bonchev–Trinajstić information content (AvgIpc) is 3.38. The number of aryl methyl sites for hydroxylation is 2. The van der Waals surface area contributed by atoms with Gasteiger partial charge >= 0.3 is 0 Å². The fourth-order valence-corrected chi connectivity index (χ4v) is 7.44. The van der Waals surface area contributed by atoms with E-state index in [0.717, 1.165) is 85.9 Å². The van der Waals surface area contributed by atoms with Gasteiger partial charge in [0, 0.05) is 23.2 Å². The maximum atomic E-state index is 13.2. The molecule has 8 heteroatoms. The molecule has 5 aliphatic rings. The summed E-state index contributed by atoms with van der Waals surface area (Å²) in [5.41, 5.74) is 4.51. The first kappa shape index (κ1) is 19.4. The summed E-state index contributed by atoms with van der Waals surface area (Å²) in [6.45, 7) is 3.07. The largest absolute Gasteiger partial charge is 0.357 e. The minimum absolute atomic E-state index is 0.0234. The van der Waals surface area contributed by atoms with Crippen molar-refractivity contribution in [3.63, 3.8) is 0 Å². The maximum absolute atomic E-state index is 13.2. The van der Waals surface area contributed by atoms with E-state index < -0.39 is 0 Å². The highest BCUT2D eigenvalue weighted by Gasteiger charge is 2.36. The van der Waals surface area contributed by atoms with Crippen LogP contribution >= 0.6 is 11.3 Å². The fraction of sp³-hybridized carbons (Fsp3) is 0.625. The van der Waals surface area contributed by atoms with Gasteiger partial charge < -0.3 is 9.72 Å². The van der Waals surface area contributed by atoms with Crippen LogP contribution in [0.5, 0.6) is 0 Å². The van der Waals surface area contributed by atoms with Crippen molar-refractivity contribution in [1.29, 1.82) is 0 Å². The quantitative estimate of drug-likeness (QED) is 0.632. The number of hydrogen-bond donors (Lipinski definition) is 1. The molecule has 4 aliphatic heterocycles. The fourth-order valence-electron chi connectivity index (χ4n) is 6.22. The summed E-state index contributed by atoms with van der Waals surface area (Å²) in [5, 5.41) is 4.93. The molecular weight excluding hydrogens is 422 g/mol. The summed E-state index contributed by atoms with van der Waals surface area (Å²) in [6, 6.07) is 0.266. The SMILES string of the molecule is O=c1[nH]c(C2CC3CCN2CC3)nc2c3c(sc12)-c1cn(C2CCCCO2)nc1CCC3. The van der Waals surface area contributed by atoms with Crippen molar-refractivity contribution in [1.82, 2.24) is 24.6 Å². The van der Waals surface area contributed by atoms with E-state index in [-0.39, 0.29) is 17.8 Å². The molecule has 3 aromatic rings. The van der Waals surface area contributed by atoms with Crippen LogP contribution in [-0.4, -0.2) is 44.3 Å². The van der Waals surface area contributed by atoms with E-state index in [4.69, 9.17) is 14.8 Å². The molecule has 0 spiro atoms. The Labute approximate surface area is 190 Å². The molecule has 0 amide bonds. The molecule has 4 saturated heterocycles.